The Hall–Kier alpha value is -1.82. The highest BCUT2D eigenvalue weighted by molar-refractivity contribution is 7.78. The van der Waals surface area contributed by atoms with Crippen LogP contribution in [0.4, 0.5) is 0 Å². The number of carbonyl (C=O) groups excluding carboxylic acids is 2. The molecular weight excluding hydrogens is 316 g/mol. The van der Waals surface area contributed by atoms with Crippen molar-refractivity contribution in [1.82, 2.24) is 5.32 Å². The monoisotopic (exact) mass is 334 g/mol. The highest BCUT2D eigenvalue weighted by atomic mass is 32.1. The fraction of sp³-hybridized carbons (Fsp3) is 0.562. The number of allylic oxidation sites excluding steroid dienone is 1. The van der Waals surface area contributed by atoms with Gasteiger partial charge in [0, 0.05) is 5.92 Å². The molecule has 2 heterocycles. The third-order valence-electron chi connectivity index (χ3n) is 5.03. The predicted molar refractivity (Wildman–Crippen MR) is 85.8 cm³/mol. The van der Waals surface area contributed by atoms with Crippen molar-refractivity contribution in [2.45, 2.75) is 43.4 Å². The van der Waals surface area contributed by atoms with E-state index in [0.717, 1.165) is 19.3 Å². The van der Waals surface area contributed by atoms with Gasteiger partial charge in [0.1, 0.15) is 0 Å². The van der Waals surface area contributed by atoms with Crippen molar-refractivity contribution in [1.29, 1.82) is 0 Å². The molecule has 4 atom stereocenters. The summed E-state index contributed by atoms with van der Waals surface area (Å²) < 4.78 is 5.32. The number of hydrogen-bond donors (Lipinski definition) is 2. The Labute approximate surface area is 139 Å². The Morgan fingerprint density at radius 1 is 1.65 bits per heavy atom. The molecule has 3 aliphatic rings. The lowest BCUT2D eigenvalue weighted by molar-refractivity contribution is -0.222. The molecular formula is C16H18N2O4S. The molecule has 0 saturated carbocycles. The summed E-state index contributed by atoms with van der Waals surface area (Å²) in [6.45, 7) is 1.82. The van der Waals surface area contributed by atoms with E-state index in [9.17, 15) is 14.7 Å². The SMILES string of the molecule is C[C@@]12OC(=O)[C@]1([C@@H](O)[C@@H]1C=CCCC1)NC(=O)/C2=C/CN=C=S. The van der Waals surface area contributed by atoms with Crippen LogP contribution in [0.2, 0.25) is 0 Å². The minimum absolute atomic E-state index is 0.175. The predicted octanol–water partition coefficient (Wildman–Crippen LogP) is 0.917. The molecule has 23 heavy (non-hydrogen) atoms. The van der Waals surface area contributed by atoms with E-state index in [1.165, 1.54) is 0 Å². The smallest absolute Gasteiger partial charge is 0.340 e. The van der Waals surface area contributed by atoms with E-state index in [1.807, 2.05) is 12.2 Å². The number of isothiocyanates is 1. The number of ether oxygens (including phenoxy) is 1. The topological polar surface area (TPSA) is 88.0 Å². The molecule has 0 aromatic heterocycles. The van der Waals surface area contributed by atoms with Gasteiger partial charge >= 0.3 is 5.97 Å². The number of thiocarbonyl (C=S) groups is 1. The quantitative estimate of drug-likeness (QED) is 0.262. The van der Waals surface area contributed by atoms with Crippen LogP contribution in [0.15, 0.2) is 28.8 Å². The van der Waals surface area contributed by atoms with Crippen molar-refractivity contribution in [3.63, 3.8) is 0 Å². The Kier molecular flexibility index (Phi) is 3.96. The van der Waals surface area contributed by atoms with Gasteiger partial charge in [0.15, 0.2) is 5.60 Å². The lowest BCUT2D eigenvalue weighted by Crippen LogP contribution is -2.79. The Morgan fingerprint density at radius 2 is 2.43 bits per heavy atom. The number of hydrogen-bond acceptors (Lipinski definition) is 6. The fourth-order valence-corrected chi connectivity index (χ4v) is 3.83. The zero-order chi connectivity index (χ0) is 16.7. The van der Waals surface area contributed by atoms with Gasteiger partial charge in [-0.1, -0.05) is 12.2 Å². The average molecular weight is 334 g/mol. The summed E-state index contributed by atoms with van der Waals surface area (Å²) >= 11 is 4.50. The first-order chi connectivity index (χ1) is 11.0. The van der Waals surface area contributed by atoms with Gasteiger partial charge in [-0.15, -0.1) is 0 Å². The van der Waals surface area contributed by atoms with Gasteiger partial charge in [0.05, 0.1) is 23.4 Å². The van der Waals surface area contributed by atoms with Gasteiger partial charge < -0.3 is 15.2 Å². The standard InChI is InChI=1S/C16H18N2O4S/c1-15-11(7-8-17-9-23)13(20)18-16(15,14(21)22-15)12(19)10-5-3-2-4-6-10/h3,5,7,10,12,19H,2,4,6,8H2,1H3,(H,18,20)/b11-7-/t10-,12+,15+,16+/m1/s1. The van der Waals surface area contributed by atoms with Gasteiger partial charge in [-0.3, -0.25) is 4.79 Å². The van der Waals surface area contributed by atoms with Crippen LogP contribution >= 0.6 is 12.2 Å². The van der Waals surface area contributed by atoms with E-state index in [-0.39, 0.29) is 12.5 Å². The van der Waals surface area contributed by atoms with Crippen molar-refractivity contribution < 1.29 is 19.4 Å². The summed E-state index contributed by atoms with van der Waals surface area (Å²) in [5.41, 5.74) is -2.32. The molecule has 0 radical (unpaired) electrons. The number of nitrogens with one attached hydrogen (secondary N) is 1. The van der Waals surface area contributed by atoms with Gasteiger partial charge in [0.2, 0.25) is 5.54 Å². The largest absolute Gasteiger partial charge is 0.449 e. The van der Waals surface area contributed by atoms with Gasteiger partial charge in [-0.25, -0.2) is 9.79 Å². The van der Waals surface area contributed by atoms with Crippen LogP contribution in [0.5, 0.6) is 0 Å². The molecule has 0 bridgehead atoms. The summed E-state index contributed by atoms with van der Waals surface area (Å²) in [7, 11) is 0. The molecule has 122 valence electrons. The van der Waals surface area contributed by atoms with Crippen LogP contribution in [0.1, 0.15) is 26.2 Å². The highest BCUT2D eigenvalue weighted by Crippen LogP contribution is 2.52. The van der Waals surface area contributed by atoms with E-state index < -0.39 is 29.1 Å². The minimum Gasteiger partial charge on any atom is -0.449 e. The number of carbonyl (C=O) groups is 2. The van der Waals surface area contributed by atoms with Crippen LogP contribution in [0, 0.1) is 5.92 Å². The minimum atomic E-state index is -1.43. The second-order valence-electron chi connectivity index (χ2n) is 6.20. The van der Waals surface area contributed by atoms with Gasteiger partial charge in [-0.2, -0.15) is 0 Å². The van der Waals surface area contributed by atoms with Crippen LogP contribution in [0.3, 0.4) is 0 Å². The maximum atomic E-state index is 12.3. The maximum absolute atomic E-state index is 12.3. The molecule has 3 rings (SSSR count). The van der Waals surface area contributed by atoms with E-state index in [2.05, 4.69) is 27.7 Å². The lowest BCUT2D eigenvalue weighted by atomic mass is 9.66. The first-order valence-corrected chi connectivity index (χ1v) is 8.03. The first kappa shape index (κ1) is 16.1. The van der Waals surface area contributed by atoms with Crippen LogP contribution in [-0.4, -0.2) is 45.9 Å². The van der Waals surface area contributed by atoms with Crippen molar-refractivity contribution >= 4 is 29.3 Å². The Balaban J connectivity index is 1.97. The molecule has 0 spiro atoms. The number of esters is 1. The van der Waals surface area contributed by atoms with Crippen LogP contribution in [0.25, 0.3) is 0 Å². The second-order valence-corrected chi connectivity index (χ2v) is 6.39. The number of aliphatic hydroxyl groups is 1. The number of nitrogens with zero attached hydrogens (tertiary/aromatic N) is 1. The number of aliphatic hydroxyl groups excluding tert-OH is 1. The van der Waals surface area contributed by atoms with E-state index in [4.69, 9.17) is 4.74 Å². The third-order valence-corrected chi connectivity index (χ3v) is 5.16. The first-order valence-electron chi connectivity index (χ1n) is 7.62. The molecule has 2 saturated heterocycles. The molecule has 0 aromatic carbocycles. The highest BCUT2D eigenvalue weighted by Gasteiger charge is 2.78. The molecule has 2 N–H and O–H groups in total. The number of rotatable bonds is 4. The Morgan fingerprint density at radius 3 is 3.04 bits per heavy atom. The Bertz CT molecular complexity index is 667. The zero-order valence-corrected chi connectivity index (χ0v) is 13.6. The molecule has 6 nitrogen and oxygen atoms in total. The molecule has 1 aliphatic carbocycles. The van der Waals surface area contributed by atoms with Crippen LogP contribution in [-0.2, 0) is 14.3 Å². The summed E-state index contributed by atoms with van der Waals surface area (Å²) in [6, 6.07) is 0. The maximum Gasteiger partial charge on any atom is 0.340 e. The van der Waals surface area contributed by atoms with Gasteiger partial charge in [0.25, 0.3) is 5.91 Å². The third kappa shape index (κ3) is 2.11. The molecule has 1 amide bonds. The number of aliphatic imine (C=N–C) groups is 1. The van der Waals surface area contributed by atoms with Gasteiger partial charge in [-0.05, 0) is 44.5 Å². The molecule has 2 fully saturated rings. The van der Waals surface area contributed by atoms with Crippen molar-refractivity contribution in [3.8, 4) is 0 Å². The number of fused-ring (bicyclic) bond motifs is 1. The average Bonchev–Trinajstić information content (AvgIpc) is 2.72. The summed E-state index contributed by atoms with van der Waals surface area (Å²) in [5, 5.41) is 15.7. The molecule has 7 heteroatoms. The second kappa shape index (κ2) is 5.67. The molecule has 0 aromatic rings. The zero-order valence-electron chi connectivity index (χ0n) is 12.7. The van der Waals surface area contributed by atoms with Crippen molar-refractivity contribution in [2.75, 3.05) is 6.54 Å². The van der Waals surface area contributed by atoms with Crippen molar-refractivity contribution in [2.24, 2.45) is 10.9 Å². The summed E-state index contributed by atoms with van der Waals surface area (Å²) in [4.78, 5) is 28.3. The fourth-order valence-electron chi connectivity index (χ4n) is 3.76. The molecule has 0 unspecified atom stereocenters. The van der Waals surface area contributed by atoms with E-state index in [1.54, 1.807) is 13.0 Å². The normalized spacial score (nSPS) is 38.2. The van der Waals surface area contributed by atoms with E-state index in [0.29, 0.717) is 5.57 Å². The lowest BCUT2D eigenvalue weighted by Gasteiger charge is -2.53. The summed E-state index contributed by atoms with van der Waals surface area (Å²) in [6.07, 6.45) is 7.12. The van der Waals surface area contributed by atoms with Crippen molar-refractivity contribution in [3.05, 3.63) is 23.8 Å². The summed E-state index contributed by atoms with van der Waals surface area (Å²) in [5.74, 6) is -1.20. The van der Waals surface area contributed by atoms with Crippen LogP contribution < -0.4 is 5.32 Å². The van der Waals surface area contributed by atoms with E-state index >= 15 is 0 Å². The number of amides is 1. The molecule has 2 aliphatic heterocycles.